The number of amides is 2. The number of para-hydroxylation sites is 1. The predicted octanol–water partition coefficient (Wildman–Crippen LogP) is 4.66. The molecule has 0 aromatic heterocycles. The second-order valence-corrected chi connectivity index (χ2v) is 6.62. The largest absolute Gasteiger partial charge is 0.374 e. The van der Waals surface area contributed by atoms with E-state index in [1.54, 1.807) is 36.4 Å². The molecule has 9 heteroatoms. The zero-order valence-corrected chi connectivity index (χ0v) is 15.3. The van der Waals surface area contributed by atoms with Gasteiger partial charge in [0.25, 0.3) is 5.76 Å². The molecule has 2 aromatic rings. The van der Waals surface area contributed by atoms with Crippen LogP contribution in [0.15, 0.2) is 47.4 Å². The first-order valence-electron chi connectivity index (χ1n) is 7.50. The Labute approximate surface area is 158 Å². The lowest BCUT2D eigenvalue weighted by atomic mass is 10.2. The van der Waals surface area contributed by atoms with Crippen LogP contribution in [0.1, 0.15) is 6.92 Å². The average molecular weight is 400 g/mol. The van der Waals surface area contributed by atoms with Gasteiger partial charge >= 0.3 is 0 Å². The molecule has 0 fully saturated rings. The monoisotopic (exact) mass is 399 g/mol. The maximum absolute atomic E-state index is 12.6. The summed E-state index contributed by atoms with van der Waals surface area (Å²) in [6, 6.07) is 11.1. The van der Waals surface area contributed by atoms with Crippen LogP contribution in [0.3, 0.4) is 0 Å². The normalized spacial score (nSPS) is 10.5. The van der Waals surface area contributed by atoms with Crippen LogP contribution in [0.25, 0.3) is 0 Å². The van der Waals surface area contributed by atoms with Gasteiger partial charge in [0.2, 0.25) is 11.8 Å². The molecular weight excluding hydrogens is 384 g/mol. The molecule has 138 valence electrons. The van der Waals surface area contributed by atoms with Gasteiger partial charge in [0.05, 0.1) is 23.6 Å². The molecule has 26 heavy (non-hydrogen) atoms. The minimum atomic E-state index is -2.59. The molecule has 0 heterocycles. The second kappa shape index (κ2) is 9.40. The highest BCUT2D eigenvalue weighted by molar-refractivity contribution is 7.99. The van der Waals surface area contributed by atoms with Crippen molar-refractivity contribution in [2.45, 2.75) is 17.6 Å². The van der Waals surface area contributed by atoms with Gasteiger partial charge < -0.3 is 16.0 Å². The molecule has 0 aliphatic heterocycles. The van der Waals surface area contributed by atoms with Crippen molar-refractivity contribution in [2.24, 2.45) is 0 Å². The van der Waals surface area contributed by atoms with E-state index in [4.69, 9.17) is 11.6 Å². The second-order valence-electron chi connectivity index (χ2n) is 5.15. The van der Waals surface area contributed by atoms with Crippen molar-refractivity contribution in [3.63, 3.8) is 0 Å². The zero-order valence-electron chi connectivity index (χ0n) is 13.7. The summed E-state index contributed by atoms with van der Waals surface area (Å²) in [7, 11) is 0. The minimum absolute atomic E-state index is 0.138. The number of alkyl halides is 2. The summed E-state index contributed by atoms with van der Waals surface area (Å²) in [5.41, 5.74) is 1.25. The predicted molar refractivity (Wildman–Crippen MR) is 101 cm³/mol. The Kier molecular flexibility index (Phi) is 7.23. The van der Waals surface area contributed by atoms with Crippen LogP contribution in [0.4, 0.5) is 25.8 Å². The number of anilines is 3. The van der Waals surface area contributed by atoms with E-state index in [9.17, 15) is 18.4 Å². The summed E-state index contributed by atoms with van der Waals surface area (Å²) in [5, 5.41) is 8.52. The number of carbonyl (C=O) groups is 2. The van der Waals surface area contributed by atoms with E-state index in [-0.39, 0.29) is 17.3 Å². The molecule has 0 atom stereocenters. The van der Waals surface area contributed by atoms with Crippen molar-refractivity contribution >= 4 is 52.2 Å². The third kappa shape index (κ3) is 6.20. The lowest BCUT2D eigenvalue weighted by Gasteiger charge is -2.14. The van der Waals surface area contributed by atoms with E-state index < -0.39 is 11.7 Å². The van der Waals surface area contributed by atoms with Gasteiger partial charge in [-0.2, -0.15) is 8.78 Å². The fraction of sp³-hybridized carbons (Fsp3) is 0.176. The third-order valence-electron chi connectivity index (χ3n) is 3.11. The van der Waals surface area contributed by atoms with E-state index in [0.717, 1.165) is 0 Å². The van der Waals surface area contributed by atoms with Crippen molar-refractivity contribution in [1.29, 1.82) is 0 Å². The SMILES string of the molecule is CC(=O)Nc1ccc(Cl)cc1NCC(=O)Nc1ccccc1SC(F)F. The van der Waals surface area contributed by atoms with Gasteiger partial charge in [0.1, 0.15) is 0 Å². The van der Waals surface area contributed by atoms with Crippen molar-refractivity contribution in [2.75, 3.05) is 22.5 Å². The molecule has 0 aliphatic rings. The summed E-state index contributed by atoms with van der Waals surface area (Å²) >= 11 is 6.30. The number of hydrogen-bond acceptors (Lipinski definition) is 4. The van der Waals surface area contributed by atoms with Crippen LogP contribution >= 0.6 is 23.4 Å². The summed E-state index contributed by atoms with van der Waals surface area (Å²) in [4.78, 5) is 23.7. The lowest BCUT2D eigenvalue weighted by molar-refractivity contribution is -0.115. The van der Waals surface area contributed by atoms with Gasteiger partial charge in [0.15, 0.2) is 0 Å². The number of halogens is 3. The Morgan fingerprint density at radius 3 is 2.50 bits per heavy atom. The maximum atomic E-state index is 12.6. The molecule has 0 saturated carbocycles. The van der Waals surface area contributed by atoms with Gasteiger partial charge in [-0.05, 0) is 30.3 Å². The Balaban J connectivity index is 2.04. The third-order valence-corrected chi connectivity index (χ3v) is 4.13. The molecule has 0 saturated heterocycles. The molecule has 2 rings (SSSR count). The highest BCUT2D eigenvalue weighted by Crippen LogP contribution is 2.31. The molecule has 0 spiro atoms. The van der Waals surface area contributed by atoms with Gasteiger partial charge in [0, 0.05) is 16.8 Å². The summed E-state index contributed by atoms with van der Waals surface area (Å²) < 4.78 is 25.2. The Hall–Kier alpha value is -2.32. The van der Waals surface area contributed by atoms with Gasteiger partial charge in [-0.1, -0.05) is 35.5 Å². The Morgan fingerprint density at radius 2 is 1.81 bits per heavy atom. The molecule has 0 bridgehead atoms. The first-order chi connectivity index (χ1) is 12.3. The highest BCUT2D eigenvalue weighted by atomic mass is 35.5. The molecule has 0 aliphatic carbocycles. The van der Waals surface area contributed by atoms with E-state index in [0.29, 0.717) is 33.8 Å². The number of hydrogen-bond donors (Lipinski definition) is 3. The minimum Gasteiger partial charge on any atom is -0.374 e. The fourth-order valence-corrected chi connectivity index (χ4v) is 2.87. The summed E-state index contributed by atoms with van der Waals surface area (Å²) in [5.74, 6) is -3.28. The number of thioether (sulfide) groups is 1. The van der Waals surface area contributed by atoms with Gasteiger partial charge in [-0.15, -0.1) is 0 Å². The van der Waals surface area contributed by atoms with Crippen molar-refractivity contribution in [3.8, 4) is 0 Å². The quantitative estimate of drug-likeness (QED) is 0.592. The zero-order chi connectivity index (χ0) is 19.1. The molecule has 2 amide bonds. The highest BCUT2D eigenvalue weighted by Gasteiger charge is 2.12. The number of rotatable bonds is 7. The van der Waals surface area contributed by atoms with Crippen LogP contribution in [0, 0.1) is 0 Å². The maximum Gasteiger partial charge on any atom is 0.288 e. The summed E-state index contributed by atoms with van der Waals surface area (Å²) in [6.07, 6.45) is 0. The molecule has 3 N–H and O–H groups in total. The Bertz CT molecular complexity index is 805. The topological polar surface area (TPSA) is 70.2 Å². The average Bonchev–Trinajstić information content (AvgIpc) is 2.56. The lowest BCUT2D eigenvalue weighted by Crippen LogP contribution is -2.22. The first-order valence-corrected chi connectivity index (χ1v) is 8.75. The number of benzene rings is 2. The first kappa shape index (κ1) is 20.0. The van der Waals surface area contributed by atoms with Crippen molar-refractivity contribution in [3.05, 3.63) is 47.5 Å². The van der Waals surface area contributed by atoms with E-state index in [1.165, 1.54) is 13.0 Å². The number of carbonyl (C=O) groups excluding carboxylic acids is 2. The van der Waals surface area contributed by atoms with Crippen LogP contribution in [-0.2, 0) is 9.59 Å². The molecule has 0 unspecified atom stereocenters. The molecule has 2 aromatic carbocycles. The van der Waals surface area contributed by atoms with E-state index >= 15 is 0 Å². The number of nitrogens with one attached hydrogen (secondary N) is 3. The van der Waals surface area contributed by atoms with E-state index in [2.05, 4.69) is 16.0 Å². The standard InChI is InChI=1S/C17H16ClF2N3O2S/c1-10(24)22-12-7-6-11(18)8-14(12)21-9-16(25)23-13-4-2-3-5-15(13)26-17(19)20/h2-8,17,21H,9H2,1H3,(H,22,24)(H,23,25). The molecule has 0 radical (unpaired) electrons. The van der Waals surface area contributed by atoms with Crippen LogP contribution in [0.5, 0.6) is 0 Å². The van der Waals surface area contributed by atoms with Crippen LogP contribution < -0.4 is 16.0 Å². The van der Waals surface area contributed by atoms with Crippen molar-refractivity contribution in [1.82, 2.24) is 0 Å². The van der Waals surface area contributed by atoms with Crippen LogP contribution in [-0.4, -0.2) is 24.1 Å². The Morgan fingerprint density at radius 1 is 1.08 bits per heavy atom. The molecule has 5 nitrogen and oxygen atoms in total. The molecular formula is C17H16ClF2N3O2S. The van der Waals surface area contributed by atoms with Crippen LogP contribution in [0.2, 0.25) is 5.02 Å². The van der Waals surface area contributed by atoms with Gasteiger partial charge in [-0.25, -0.2) is 0 Å². The van der Waals surface area contributed by atoms with Crippen molar-refractivity contribution < 1.29 is 18.4 Å². The van der Waals surface area contributed by atoms with E-state index in [1.807, 2.05) is 0 Å². The smallest absolute Gasteiger partial charge is 0.288 e. The van der Waals surface area contributed by atoms with Gasteiger partial charge in [-0.3, -0.25) is 9.59 Å². The summed E-state index contributed by atoms with van der Waals surface area (Å²) in [6.45, 7) is 1.23. The fourth-order valence-electron chi connectivity index (χ4n) is 2.10.